The first-order valence-electron chi connectivity index (χ1n) is 7.12. The Hall–Kier alpha value is -0.860. The summed E-state index contributed by atoms with van der Waals surface area (Å²) in [4.78, 5) is 11.9. The van der Waals surface area contributed by atoms with Gasteiger partial charge in [0.2, 0.25) is 10.0 Å². The largest absolute Gasteiger partial charge is 0.462 e. The summed E-state index contributed by atoms with van der Waals surface area (Å²) in [5, 5.41) is 0.0190. The molecular formula is C14H17Cl2NO5S. The molecule has 0 aromatic heterocycles. The van der Waals surface area contributed by atoms with Crippen molar-refractivity contribution in [2.24, 2.45) is 0 Å². The lowest BCUT2D eigenvalue weighted by Gasteiger charge is -2.26. The quantitative estimate of drug-likeness (QED) is 0.732. The fourth-order valence-electron chi connectivity index (χ4n) is 2.08. The molecule has 0 N–H and O–H groups in total. The lowest BCUT2D eigenvalue weighted by atomic mass is 10.2. The number of sulfonamides is 1. The standard InChI is InChI=1S/C14H17Cl2NO5S/c1-2-5-22-14(18)10-8-13(12(16)9-11(10)15)23(19,20)17-3-6-21-7-4-17/h8-9H,2-7H2,1H3. The first-order valence-corrected chi connectivity index (χ1v) is 9.31. The molecule has 1 fully saturated rings. The molecule has 128 valence electrons. The molecule has 1 aliphatic rings. The Balaban J connectivity index is 2.40. The van der Waals surface area contributed by atoms with Crippen molar-refractivity contribution in [2.45, 2.75) is 18.2 Å². The van der Waals surface area contributed by atoms with E-state index >= 15 is 0 Å². The van der Waals surface area contributed by atoms with E-state index in [9.17, 15) is 13.2 Å². The fourth-order valence-corrected chi connectivity index (χ4v) is 4.31. The maximum atomic E-state index is 12.7. The fraction of sp³-hybridized carbons (Fsp3) is 0.500. The van der Waals surface area contributed by atoms with Crippen LogP contribution in [0.15, 0.2) is 17.0 Å². The highest BCUT2D eigenvalue weighted by Gasteiger charge is 2.30. The predicted molar refractivity (Wildman–Crippen MR) is 86.6 cm³/mol. The molecule has 1 aromatic carbocycles. The molecule has 0 radical (unpaired) electrons. The van der Waals surface area contributed by atoms with Crippen molar-refractivity contribution in [2.75, 3.05) is 32.9 Å². The molecule has 0 amide bonds. The molecule has 0 aliphatic carbocycles. The van der Waals surface area contributed by atoms with Gasteiger partial charge in [-0.2, -0.15) is 4.31 Å². The molecule has 0 spiro atoms. The summed E-state index contributed by atoms with van der Waals surface area (Å²) >= 11 is 12.0. The van der Waals surface area contributed by atoms with E-state index in [2.05, 4.69) is 0 Å². The molecule has 23 heavy (non-hydrogen) atoms. The Labute approximate surface area is 145 Å². The summed E-state index contributed by atoms with van der Waals surface area (Å²) in [7, 11) is -3.83. The van der Waals surface area contributed by atoms with Crippen LogP contribution in [0.25, 0.3) is 0 Å². The van der Waals surface area contributed by atoms with Gasteiger partial charge in [0, 0.05) is 13.1 Å². The van der Waals surface area contributed by atoms with Gasteiger partial charge in [0.1, 0.15) is 4.90 Å². The van der Waals surface area contributed by atoms with Gasteiger partial charge in [-0.25, -0.2) is 13.2 Å². The molecule has 6 nitrogen and oxygen atoms in total. The van der Waals surface area contributed by atoms with Crippen LogP contribution in [-0.2, 0) is 19.5 Å². The maximum absolute atomic E-state index is 12.7. The summed E-state index contributed by atoms with van der Waals surface area (Å²) < 4.78 is 36.8. The lowest BCUT2D eigenvalue weighted by Crippen LogP contribution is -2.40. The SMILES string of the molecule is CCCOC(=O)c1cc(S(=O)(=O)N2CCOCC2)c(Cl)cc1Cl. The second kappa shape index (κ2) is 7.81. The minimum atomic E-state index is -3.83. The predicted octanol–water partition coefficient (Wildman–Crippen LogP) is 2.58. The topological polar surface area (TPSA) is 72.9 Å². The van der Waals surface area contributed by atoms with Crippen LogP contribution in [0.5, 0.6) is 0 Å². The van der Waals surface area contributed by atoms with Crippen LogP contribution in [-0.4, -0.2) is 51.6 Å². The Morgan fingerprint density at radius 3 is 2.52 bits per heavy atom. The minimum absolute atomic E-state index is 0.0173. The van der Waals surface area contributed by atoms with E-state index in [1.165, 1.54) is 16.4 Å². The van der Waals surface area contributed by atoms with Gasteiger partial charge in [-0.05, 0) is 18.6 Å². The second-order valence-corrected chi connectivity index (χ2v) is 7.64. The zero-order valence-electron chi connectivity index (χ0n) is 12.5. The summed E-state index contributed by atoms with van der Waals surface area (Å²) in [6.45, 7) is 3.17. The Morgan fingerprint density at radius 1 is 1.26 bits per heavy atom. The molecule has 9 heteroatoms. The van der Waals surface area contributed by atoms with Crippen molar-refractivity contribution in [3.05, 3.63) is 27.7 Å². The normalized spacial score (nSPS) is 16.3. The highest BCUT2D eigenvalue weighted by molar-refractivity contribution is 7.89. The van der Waals surface area contributed by atoms with Crippen LogP contribution < -0.4 is 0 Å². The Kier molecular flexibility index (Phi) is 6.27. The average Bonchev–Trinajstić information content (AvgIpc) is 2.53. The van der Waals surface area contributed by atoms with Gasteiger partial charge < -0.3 is 9.47 Å². The van der Waals surface area contributed by atoms with E-state index < -0.39 is 16.0 Å². The maximum Gasteiger partial charge on any atom is 0.339 e. The smallest absolute Gasteiger partial charge is 0.339 e. The van der Waals surface area contributed by atoms with Crippen molar-refractivity contribution < 1.29 is 22.7 Å². The Bertz CT molecular complexity index is 687. The van der Waals surface area contributed by atoms with E-state index in [1.807, 2.05) is 6.92 Å². The molecule has 1 aliphatic heterocycles. The third kappa shape index (κ3) is 4.16. The molecule has 1 heterocycles. The lowest BCUT2D eigenvalue weighted by molar-refractivity contribution is 0.0505. The molecule has 1 aromatic rings. The highest BCUT2D eigenvalue weighted by atomic mass is 35.5. The number of nitrogens with zero attached hydrogens (tertiary/aromatic N) is 1. The summed E-state index contributed by atoms with van der Waals surface area (Å²) in [5.74, 6) is -0.674. The minimum Gasteiger partial charge on any atom is -0.462 e. The van der Waals surface area contributed by atoms with Crippen molar-refractivity contribution in [3.8, 4) is 0 Å². The number of ether oxygens (including phenoxy) is 2. The van der Waals surface area contributed by atoms with Crippen LogP contribution in [0.3, 0.4) is 0 Å². The van der Waals surface area contributed by atoms with Crippen LogP contribution in [0, 0.1) is 0 Å². The van der Waals surface area contributed by atoms with Crippen molar-refractivity contribution in [1.82, 2.24) is 4.31 Å². The van der Waals surface area contributed by atoms with Gasteiger partial charge in [0.15, 0.2) is 0 Å². The summed E-state index contributed by atoms with van der Waals surface area (Å²) in [5.41, 5.74) is -0.0173. The monoisotopic (exact) mass is 381 g/mol. The first kappa shape index (κ1) is 18.5. The number of carbonyl (C=O) groups is 1. The van der Waals surface area contributed by atoms with Crippen LogP contribution in [0.4, 0.5) is 0 Å². The van der Waals surface area contributed by atoms with E-state index in [-0.39, 0.29) is 40.2 Å². The molecule has 0 atom stereocenters. The summed E-state index contributed by atoms with van der Waals surface area (Å²) in [6, 6.07) is 2.42. The zero-order valence-corrected chi connectivity index (χ0v) is 14.9. The van der Waals surface area contributed by atoms with E-state index in [0.29, 0.717) is 19.6 Å². The second-order valence-electron chi connectivity index (χ2n) is 4.91. The third-order valence-electron chi connectivity index (χ3n) is 3.27. The van der Waals surface area contributed by atoms with Gasteiger partial charge >= 0.3 is 5.97 Å². The van der Waals surface area contributed by atoms with E-state index in [0.717, 1.165) is 0 Å². The number of esters is 1. The molecule has 0 saturated carbocycles. The molecule has 0 unspecified atom stereocenters. The molecule has 1 saturated heterocycles. The number of benzene rings is 1. The number of rotatable bonds is 5. The van der Waals surface area contributed by atoms with Crippen molar-refractivity contribution in [3.63, 3.8) is 0 Å². The van der Waals surface area contributed by atoms with Crippen molar-refractivity contribution >= 4 is 39.2 Å². The molecule has 2 rings (SSSR count). The van der Waals surface area contributed by atoms with Gasteiger partial charge in [-0.3, -0.25) is 0 Å². The molecular weight excluding hydrogens is 365 g/mol. The molecule has 0 bridgehead atoms. The van der Waals surface area contributed by atoms with Gasteiger partial charge in [-0.15, -0.1) is 0 Å². The number of hydrogen-bond donors (Lipinski definition) is 0. The van der Waals surface area contributed by atoms with Gasteiger partial charge in [-0.1, -0.05) is 30.1 Å². The van der Waals surface area contributed by atoms with E-state index in [4.69, 9.17) is 32.7 Å². The number of halogens is 2. The third-order valence-corrected chi connectivity index (χ3v) is 5.94. The average molecular weight is 382 g/mol. The van der Waals surface area contributed by atoms with Crippen molar-refractivity contribution in [1.29, 1.82) is 0 Å². The number of carbonyl (C=O) groups excluding carboxylic acids is 1. The highest BCUT2D eigenvalue weighted by Crippen LogP contribution is 2.31. The van der Waals surface area contributed by atoms with Crippen LogP contribution in [0.2, 0.25) is 10.0 Å². The zero-order chi connectivity index (χ0) is 17.0. The Morgan fingerprint density at radius 2 is 1.91 bits per heavy atom. The van der Waals surface area contributed by atoms with Crippen LogP contribution >= 0.6 is 23.2 Å². The number of hydrogen-bond acceptors (Lipinski definition) is 5. The van der Waals surface area contributed by atoms with Gasteiger partial charge in [0.25, 0.3) is 0 Å². The van der Waals surface area contributed by atoms with E-state index in [1.54, 1.807) is 0 Å². The van der Waals surface area contributed by atoms with Gasteiger partial charge in [0.05, 0.1) is 35.4 Å². The van der Waals surface area contributed by atoms with Crippen LogP contribution in [0.1, 0.15) is 23.7 Å². The first-order chi connectivity index (χ1) is 10.9. The summed E-state index contributed by atoms with van der Waals surface area (Å²) in [6.07, 6.45) is 0.649. The number of morpholine rings is 1.